The maximum absolute atomic E-state index is 13.6. The number of nitrogens with one attached hydrogen (secondary N) is 2. The minimum Gasteiger partial charge on any atom is -0.592 e. The van der Waals surface area contributed by atoms with E-state index in [-0.39, 0.29) is 23.6 Å². The molecule has 5 rings (SSSR count). The van der Waals surface area contributed by atoms with E-state index in [2.05, 4.69) is 24.9 Å². The van der Waals surface area contributed by atoms with Crippen molar-refractivity contribution in [3.05, 3.63) is 35.5 Å². The molecule has 3 aliphatic rings. The van der Waals surface area contributed by atoms with Gasteiger partial charge in [0.15, 0.2) is 5.82 Å². The van der Waals surface area contributed by atoms with Gasteiger partial charge in [-0.05, 0) is 95.4 Å². The van der Waals surface area contributed by atoms with Crippen LogP contribution in [0, 0.1) is 5.41 Å². The molecular formula is C28H38N6O4S2. The number of hydrogen-bond acceptors (Lipinski definition) is 10. The molecule has 1 aromatic heterocycles. The van der Waals surface area contributed by atoms with Crippen LogP contribution >= 0.6 is 11.9 Å². The molecule has 1 saturated heterocycles. The van der Waals surface area contributed by atoms with E-state index in [9.17, 15) is 14.1 Å². The molecule has 216 valence electrons. The summed E-state index contributed by atoms with van der Waals surface area (Å²) in [5, 5.41) is 2.89. The number of esters is 1. The smallest absolute Gasteiger partial charge is 0.317 e. The number of rotatable bonds is 9. The van der Waals surface area contributed by atoms with Gasteiger partial charge in [-0.15, -0.1) is 0 Å². The van der Waals surface area contributed by atoms with Gasteiger partial charge < -0.3 is 18.9 Å². The lowest BCUT2D eigenvalue weighted by atomic mass is 9.93. The molecule has 40 heavy (non-hydrogen) atoms. The first-order chi connectivity index (χ1) is 19.1. The van der Waals surface area contributed by atoms with Gasteiger partial charge >= 0.3 is 5.97 Å². The number of nitrogens with zero attached hydrogens (tertiary/aromatic N) is 4. The Morgan fingerprint density at radius 2 is 1.93 bits per heavy atom. The monoisotopic (exact) mass is 586 g/mol. The molecule has 1 atom stereocenters. The van der Waals surface area contributed by atoms with E-state index in [1.54, 1.807) is 23.5 Å². The average molecular weight is 587 g/mol. The number of hydrogen-bond donors (Lipinski definition) is 2. The minimum absolute atomic E-state index is 0.185. The number of carbonyl (C=O) groups excluding carboxylic acids is 2. The Labute approximate surface area is 243 Å². The third-order valence-corrected chi connectivity index (χ3v) is 10.2. The van der Waals surface area contributed by atoms with Crippen LogP contribution in [-0.2, 0) is 27.3 Å². The summed E-state index contributed by atoms with van der Waals surface area (Å²) in [6.07, 6.45) is 7.27. The van der Waals surface area contributed by atoms with Crippen molar-refractivity contribution in [3.63, 3.8) is 0 Å². The number of carbonyl (C=O) groups is 2. The van der Waals surface area contributed by atoms with Crippen molar-refractivity contribution in [1.29, 1.82) is 0 Å². The topological polar surface area (TPSA) is 123 Å². The summed E-state index contributed by atoms with van der Waals surface area (Å²) in [7, 11) is 0. The number of aromatic nitrogens is 2. The Hall–Kier alpha value is -2.70. The molecule has 2 aromatic rings. The van der Waals surface area contributed by atoms with E-state index < -0.39 is 16.1 Å². The molecule has 1 aliphatic carbocycles. The van der Waals surface area contributed by atoms with Crippen LogP contribution in [0.4, 0.5) is 23.1 Å². The Balaban J connectivity index is 1.34. The Morgan fingerprint density at radius 1 is 1.18 bits per heavy atom. The molecule has 1 unspecified atom stereocenters. The van der Waals surface area contributed by atoms with Gasteiger partial charge in [0.1, 0.15) is 10.5 Å². The van der Waals surface area contributed by atoms with Gasteiger partial charge in [-0.3, -0.25) is 14.9 Å². The third kappa shape index (κ3) is 6.44. The highest BCUT2D eigenvalue weighted by Crippen LogP contribution is 2.54. The van der Waals surface area contributed by atoms with Gasteiger partial charge in [-0.1, -0.05) is 0 Å². The second kappa shape index (κ2) is 11.7. The predicted molar refractivity (Wildman–Crippen MR) is 161 cm³/mol. The molecule has 0 radical (unpaired) electrons. The fraction of sp³-hybridized carbons (Fsp3) is 0.571. The Bertz CT molecular complexity index is 1260. The van der Waals surface area contributed by atoms with Crippen LogP contribution in [0.5, 0.6) is 0 Å². The number of benzene rings is 1. The van der Waals surface area contributed by atoms with E-state index in [0.717, 1.165) is 42.9 Å². The van der Waals surface area contributed by atoms with Crippen molar-refractivity contribution in [2.75, 3.05) is 51.2 Å². The zero-order valence-corrected chi connectivity index (χ0v) is 25.3. The van der Waals surface area contributed by atoms with Crippen molar-refractivity contribution in [2.45, 2.75) is 64.5 Å². The number of anilines is 4. The van der Waals surface area contributed by atoms with Crippen LogP contribution in [-0.4, -0.2) is 63.1 Å². The molecule has 2 fully saturated rings. The molecule has 2 N–H and O–H groups in total. The highest BCUT2D eigenvalue weighted by molar-refractivity contribution is 8.01. The van der Waals surface area contributed by atoms with Crippen molar-refractivity contribution in [2.24, 2.45) is 5.41 Å². The van der Waals surface area contributed by atoms with Crippen LogP contribution in [0.1, 0.15) is 69.3 Å². The second-order valence-corrected chi connectivity index (χ2v) is 14.6. The number of amides is 1. The Kier molecular flexibility index (Phi) is 8.40. The van der Waals surface area contributed by atoms with Gasteiger partial charge in [0, 0.05) is 30.5 Å². The van der Waals surface area contributed by atoms with Gasteiger partial charge in [0.2, 0.25) is 5.95 Å². The van der Waals surface area contributed by atoms with Gasteiger partial charge in [-0.25, -0.2) is 4.98 Å². The summed E-state index contributed by atoms with van der Waals surface area (Å²) in [5.74, 6) is 0.415. The van der Waals surface area contributed by atoms with Crippen LogP contribution in [0.25, 0.3) is 0 Å². The minimum atomic E-state index is -1.26. The van der Waals surface area contributed by atoms with Gasteiger partial charge in [-0.2, -0.15) is 9.29 Å². The van der Waals surface area contributed by atoms with E-state index in [1.807, 2.05) is 32.9 Å². The second-order valence-electron chi connectivity index (χ2n) is 11.6. The zero-order chi connectivity index (χ0) is 28.5. The highest BCUT2D eigenvalue weighted by Gasteiger charge is 2.45. The molecular weight excluding hydrogens is 548 g/mol. The van der Waals surface area contributed by atoms with Crippen LogP contribution in [0.2, 0.25) is 0 Å². The van der Waals surface area contributed by atoms with Gasteiger partial charge in [0.05, 0.1) is 35.8 Å². The fourth-order valence-corrected chi connectivity index (χ4v) is 6.97. The molecule has 1 amide bonds. The number of fused-ring (bicyclic) bond motifs is 1. The van der Waals surface area contributed by atoms with Gasteiger partial charge in [0.25, 0.3) is 5.91 Å². The van der Waals surface area contributed by atoms with Crippen LogP contribution in [0.15, 0.2) is 24.4 Å². The Morgan fingerprint density at radius 3 is 2.60 bits per heavy atom. The van der Waals surface area contributed by atoms with Crippen molar-refractivity contribution in [3.8, 4) is 0 Å². The summed E-state index contributed by atoms with van der Waals surface area (Å²) in [6.45, 7) is 10.3. The lowest BCUT2D eigenvalue weighted by Gasteiger charge is -2.35. The third-order valence-electron chi connectivity index (χ3n) is 7.66. The van der Waals surface area contributed by atoms with E-state index in [1.165, 1.54) is 24.8 Å². The molecule has 3 heterocycles. The quantitative estimate of drug-likeness (QED) is 0.246. The van der Waals surface area contributed by atoms with Crippen molar-refractivity contribution >= 4 is 58.3 Å². The molecule has 0 bridgehead atoms. The first-order valence-electron chi connectivity index (χ1n) is 13.9. The van der Waals surface area contributed by atoms with E-state index in [4.69, 9.17) is 4.74 Å². The molecule has 1 saturated carbocycles. The SMILES string of the molecule is CCOC(=O)CSNc1ccc(C(=O)Nc2ncc3c(n2)N([S+]([O-])C(C)(C)C)CC3)c(N2CCC3(CC2)CC3)c1. The van der Waals surface area contributed by atoms with Crippen LogP contribution in [0.3, 0.4) is 0 Å². The molecule has 2 aliphatic heterocycles. The maximum Gasteiger partial charge on any atom is 0.317 e. The number of piperidine rings is 1. The lowest BCUT2D eigenvalue weighted by molar-refractivity contribution is -0.139. The molecule has 10 nitrogen and oxygen atoms in total. The standard InChI is InChI=1S/C28H38N6O4S2/c1-5-38-23(35)18-39-32-20-6-7-21(22(16-20)33-14-11-28(9-10-28)12-15-33)25(36)31-26-29-17-19-8-13-34(24(19)30-26)40(37)27(2,3)4/h6-7,16-17,32H,5,8-15,18H2,1-4H3,(H,29,30,31,36). The largest absolute Gasteiger partial charge is 0.592 e. The maximum atomic E-state index is 13.6. The summed E-state index contributed by atoms with van der Waals surface area (Å²) < 4.78 is 22.7. The molecule has 1 spiro atoms. The van der Waals surface area contributed by atoms with E-state index in [0.29, 0.717) is 36.4 Å². The average Bonchev–Trinajstić information content (AvgIpc) is 3.54. The zero-order valence-electron chi connectivity index (χ0n) is 23.6. The van der Waals surface area contributed by atoms with Crippen molar-refractivity contribution in [1.82, 2.24) is 9.97 Å². The summed E-state index contributed by atoms with van der Waals surface area (Å²) >= 11 is -0.00503. The first-order valence-corrected chi connectivity index (χ1v) is 16.0. The highest BCUT2D eigenvalue weighted by atomic mass is 32.2. The summed E-state index contributed by atoms with van der Waals surface area (Å²) in [4.78, 5) is 36.6. The van der Waals surface area contributed by atoms with Crippen molar-refractivity contribution < 1.29 is 18.9 Å². The normalized spacial score (nSPS) is 18.3. The first kappa shape index (κ1) is 28.8. The van der Waals surface area contributed by atoms with Crippen LogP contribution < -0.4 is 19.2 Å². The lowest BCUT2D eigenvalue weighted by Crippen LogP contribution is -2.42. The predicted octanol–water partition coefficient (Wildman–Crippen LogP) is 4.56. The summed E-state index contributed by atoms with van der Waals surface area (Å²) in [6, 6.07) is 5.60. The number of ether oxygens (including phenoxy) is 1. The molecule has 12 heteroatoms. The molecule has 1 aromatic carbocycles. The summed E-state index contributed by atoms with van der Waals surface area (Å²) in [5.41, 5.74) is 3.61. The van der Waals surface area contributed by atoms with E-state index >= 15 is 0 Å². The fourth-order valence-electron chi connectivity index (χ4n) is 5.17.